The van der Waals surface area contributed by atoms with Crippen molar-refractivity contribution in [2.75, 3.05) is 30.8 Å². The van der Waals surface area contributed by atoms with E-state index in [0.717, 1.165) is 25.9 Å². The number of hydrogen-bond donors (Lipinski definition) is 4. The number of methoxy groups -OCH3 is 1. The number of piperidine rings is 1. The third-order valence-electron chi connectivity index (χ3n) is 3.44. The number of primary amides is 1. The molecule has 7 nitrogen and oxygen atoms in total. The molecule has 1 aromatic rings. The highest BCUT2D eigenvalue weighted by Gasteiger charge is 2.21. The second-order valence-electron chi connectivity index (χ2n) is 4.92. The molecule has 0 radical (unpaired) electrons. The standard InChI is InChI=1S/C14H20N4O3.ClH/c1-21-12-8-10(2-3-11(12)18-14(15)20)17-13(19)9-4-6-16-7-5-9;/h2-3,8-9,16H,4-7H2,1H3,(H,17,19)(H3,15,18,20);1H. The highest BCUT2D eigenvalue weighted by Crippen LogP contribution is 2.28. The zero-order valence-electron chi connectivity index (χ0n) is 12.3. The Kier molecular flexibility index (Phi) is 6.94. The van der Waals surface area contributed by atoms with E-state index < -0.39 is 6.03 Å². The first-order valence-corrected chi connectivity index (χ1v) is 6.86. The summed E-state index contributed by atoms with van der Waals surface area (Å²) in [5.74, 6) is 0.478. The number of rotatable bonds is 4. The monoisotopic (exact) mass is 328 g/mol. The van der Waals surface area contributed by atoms with Crippen LogP contribution in [-0.4, -0.2) is 32.1 Å². The zero-order chi connectivity index (χ0) is 15.2. The molecule has 0 unspecified atom stereocenters. The third-order valence-corrected chi connectivity index (χ3v) is 3.44. The van der Waals surface area contributed by atoms with Crippen molar-refractivity contribution in [1.82, 2.24) is 5.32 Å². The summed E-state index contributed by atoms with van der Waals surface area (Å²) < 4.78 is 5.18. The van der Waals surface area contributed by atoms with E-state index in [1.54, 1.807) is 18.2 Å². The molecule has 22 heavy (non-hydrogen) atoms. The fourth-order valence-electron chi connectivity index (χ4n) is 2.33. The van der Waals surface area contributed by atoms with E-state index in [2.05, 4.69) is 16.0 Å². The van der Waals surface area contributed by atoms with Gasteiger partial charge in [0, 0.05) is 17.7 Å². The van der Waals surface area contributed by atoms with Crippen molar-refractivity contribution < 1.29 is 14.3 Å². The van der Waals surface area contributed by atoms with Crippen LogP contribution in [0.3, 0.4) is 0 Å². The number of amides is 3. The van der Waals surface area contributed by atoms with Crippen molar-refractivity contribution in [1.29, 1.82) is 0 Å². The third kappa shape index (κ3) is 4.78. The van der Waals surface area contributed by atoms with E-state index in [9.17, 15) is 9.59 Å². The molecule has 0 atom stereocenters. The molecule has 0 aromatic heterocycles. The minimum absolute atomic E-state index is 0. The largest absolute Gasteiger partial charge is 0.494 e. The van der Waals surface area contributed by atoms with Crippen molar-refractivity contribution in [2.45, 2.75) is 12.8 Å². The van der Waals surface area contributed by atoms with Gasteiger partial charge in [-0.05, 0) is 38.1 Å². The number of ether oxygens (including phenoxy) is 1. The summed E-state index contributed by atoms with van der Waals surface area (Å²) >= 11 is 0. The molecular weight excluding hydrogens is 308 g/mol. The van der Waals surface area contributed by atoms with Crippen LogP contribution in [0.1, 0.15) is 12.8 Å². The summed E-state index contributed by atoms with van der Waals surface area (Å²) in [5.41, 5.74) is 6.18. The molecule has 0 aliphatic carbocycles. The number of halogens is 1. The van der Waals surface area contributed by atoms with Gasteiger partial charge in [-0.2, -0.15) is 0 Å². The van der Waals surface area contributed by atoms with Crippen LogP contribution in [0.4, 0.5) is 16.2 Å². The molecule has 1 fully saturated rings. The highest BCUT2D eigenvalue weighted by atomic mass is 35.5. The number of anilines is 2. The minimum atomic E-state index is -0.667. The molecule has 1 aliphatic rings. The topological polar surface area (TPSA) is 105 Å². The lowest BCUT2D eigenvalue weighted by Gasteiger charge is -2.22. The predicted octanol–water partition coefficient (Wildman–Crippen LogP) is 1.55. The van der Waals surface area contributed by atoms with Crippen LogP contribution >= 0.6 is 12.4 Å². The van der Waals surface area contributed by atoms with Gasteiger partial charge in [0.1, 0.15) is 5.75 Å². The Labute approximate surface area is 135 Å². The molecule has 0 saturated carbocycles. The van der Waals surface area contributed by atoms with Gasteiger partial charge in [-0.3, -0.25) is 4.79 Å². The molecule has 1 aromatic carbocycles. The Hall–Kier alpha value is -1.99. The van der Waals surface area contributed by atoms with E-state index in [1.165, 1.54) is 7.11 Å². The van der Waals surface area contributed by atoms with Crippen LogP contribution in [0.25, 0.3) is 0 Å². The first-order chi connectivity index (χ1) is 10.1. The Bertz CT molecular complexity index is 533. The van der Waals surface area contributed by atoms with Crippen LogP contribution in [0.2, 0.25) is 0 Å². The average Bonchev–Trinajstić information content (AvgIpc) is 2.49. The molecule has 1 heterocycles. The van der Waals surface area contributed by atoms with E-state index in [-0.39, 0.29) is 24.2 Å². The number of carbonyl (C=O) groups excluding carboxylic acids is 2. The molecular formula is C14H21ClN4O3. The molecule has 0 spiro atoms. The maximum absolute atomic E-state index is 12.2. The van der Waals surface area contributed by atoms with E-state index in [0.29, 0.717) is 17.1 Å². The predicted molar refractivity (Wildman–Crippen MR) is 87.7 cm³/mol. The average molecular weight is 329 g/mol. The summed E-state index contributed by atoms with van der Waals surface area (Å²) in [6.07, 6.45) is 1.68. The number of nitrogens with two attached hydrogens (primary N) is 1. The van der Waals surface area contributed by atoms with Gasteiger partial charge < -0.3 is 26.4 Å². The molecule has 122 valence electrons. The van der Waals surface area contributed by atoms with Gasteiger partial charge in [-0.1, -0.05) is 0 Å². The summed E-state index contributed by atoms with van der Waals surface area (Å²) in [4.78, 5) is 23.0. The van der Waals surface area contributed by atoms with Gasteiger partial charge in [0.05, 0.1) is 12.8 Å². The van der Waals surface area contributed by atoms with Crippen molar-refractivity contribution in [2.24, 2.45) is 11.7 Å². The molecule has 0 bridgehead atoms. The number of carbonyl (C=O) groups is 2. The van der Waals surface area contributed by atoms with Gasteiger partial charge >= 0.3 is 6.03 Å². The van der Waals surface area contributed by atoms with Crippen LogP contribution in [0.5, 0.6) is 5.75 Å². The number of urea groups is 1. The molecule has 5 N–H and O–H groups in total. The van der Waals surface area contributed by atoms with Crippen molar-refractivity contribution in [3.05, 3.63) is 18.2 Å². The lowest BCUT2D eigenvalue weighted by Crippen LogP contribution is -2.34. The molecule has 1 saturated heterocycles. The summed E-state index contributed by atoms with van der Waals surface area (Å²) in [6.45, 7) is 1.73. The van der Waals surface area contributed by atoms with Gasteiger partial charge in [-0.15, -0.1) is 12.4 Å². The number of benzene rings is 1. The van der Waals surface area contributed by atoms with Gasteiger partial charge in [0.25, 0.3) is 0 Å². The lowest BCUT2D eigenvalue weighted by molar-refractivity contribution is -0.120. The van der Waals surface area contributed by atoms with Crippen molar-refractivity contribution in [3.8, 4) is 5.75 Å². The maximum Gasteiger partial charge on any atom is 0.316 e. The van der Waals surface area contributed by atoms with E-state index in [4.69, 9.17) is 10.5 Å². The Morgan fingerprint density at radius 2 is 1.95 bits per heavy atom. The lowest BCUT2D eigenvalue weighted by atomic mass is 9.97. The first kappa shape index (κ1) is 18.1. The minimum Gasteiger partial charge on any atom is -0.494 e. The first-order valence-electron chi connectivity index (χ1n) is 6.86. The van der Waals surface area contributed by atoms with Crippen LogP contribution in [0.15, 0.2) is 18.2 Å². The summed E-state index contributed by atoms with van der Waals surface area (Å²) in [6, 6.07) is 4.33. The smallest absolute Gasteiger partial charge is 0.316 e. The highest BCUT2D eigenvalue weighted by molar-refractivity contribution is 5.94. The summed E-state index contributed by atoms with van der Waals surface area (Å²) in [5, 5.41) is 8.56. The van der Waals surface area contributed by atoms with Crippen LogP contribution in [0, 0.1) is 5.92 Å². The van der Waals surface area contributed by atoms with E-state index in [1.807, 2.05) is 0 Å². The number of nitrogens with one attached hydrogen (secondary N) is 3. The van der Waals surface area contributed by atoms with Gasteiger partial charge in [0.15, 0.2) is 0 Å². The van der Waals surface area contributed by atoms with Crippen molar-refractivity contribution >= 4 is 35.7 Å². The second-order valence-corrected chi connectivity index (χ2v) is 4.92. The fraction of sp³-hybridized carbons (Fsp3) is 0.429. The van der Waals surface area contributed by atoms with Gasteiger partial charge in [0.2, 0.25) is 5.91 Å². The fourth-order valence-corrected chi connectivity index (χ4v) is 2.33. The van der Waals surface area contributed by atoms with E-state index >= 15 is 0 Å². The normalized spacial score (nSPS) is 14.6. The quantitative estimate of drug-likeness (QED) is 0.672. The second kappa shape index (κ2) is 8.45. The Morgan fingerprint density at radius 3 is 2.55 bits per heavy atom. The SMILES string of the molecule is COc1cc(NC(=O)C2CCNCC2)ccc1NC(N)=O.Cl. The summed E-state index contributed by atoms with van der Waals surface area (Å²) in [7, 11) is 1.49. The Balaban J connectivity index is 0.00000242. The molecule has 1 aliphatic heterocycles. The molecule has 8 heteroatoms. The molecule has 3 amide bonds. The maximum atomic E-state index is 12.2. The van der Waals surface area contributed by atoms with Crippen molar-refractivity contribution in [3.63, 3.8) is 0 Å². The number of hydrogen-bond acceptors (Lipinski definition) is 4. The Morgan fingerprint density at radius 1 is 1.27 bits per heavy atom. The van der Waals surface area contributed by atoms with Crippen LogP contribution in [-0.2, 0) is 4.79 Å². The van der Waals surface area contributed by atoms with Crippen LogP contribution < -0.4 is 26.4 Å². The van der Waals surface area contributed by atoms with Gasteiger partial charge in [-0.25, -0.2) is 4.79 Å². The zero-order valence-corrected chi connectivity index (χ0v) is 13.2. The molecule has 2 rings (SSSR count).